The summed E-state index contributed by atoms with van der Waals surface area (Å²) in [6.45, 7) is 0.316. The molecule has 0 N–H and O–H groups in total. The van der Waals surface area contributed by atoms with Crippen LogP contribution >= 0.6 is 0 Å². The van der Waals surface area contributed by atoms with Crippen LogP contribution in [-0.2, 0) is 0 Å². The predicted octanol–water partition coefficient (Wildman–Crippen LogP) is 2.83. The van der Waals surface area contributed by atoms with Gasteiger partial charge < -0.3 is 0 Å². The fourth-order valence-corrected chi connectivity index (χ4v) is 1.80. The highest BCUT2D eigenvalue weighted by molar-refractivity contribution is 5.98. The van der Waals surface area contributed by atoms with Crippen LogP contribution in [0.3, 0.4) is 0 Å². The molecule has 5 heteroatoms. The molecule has 1 aliphatic rings. The first-order valence-corrected chi connectivity index (χ1v) is 5.83. The molecular weight excluding hydrogens is 230 g/mol. The summed E-state index contributed by atoms with van der Waals surface area (Å²) in [4.78, 5) is 23.6. The summed E-state index contributed by atoms with van der Waals surface area (Å²) < 4.78 is 0. The van der Waals surface area contributed by atoms with Crippen molar-refractivity contribution in [1.29, 1.82) is 0 Å². The molecule has 1 heterocycles. The van der Waals surface area contributed by atoms with Crippen molar-refractivity contribution in [3.63, 3.8) is 0 Å². The van der Waals surface area contributed by atoms with E-state index >= 15 is 0 Å². The smallest absolute Gasteiger partial charge is 0.244 e. The van der Waals surface area contributed by atoms with Crippen molar-refractivity contribution in [2.75, 3.05) is 6.54 Å². The summed E-state index contributed by atoms with van der Waals surface area (Å²) in [7, 11) is 0. The minimum atomic E-state index is -0.595. The third kappa shape index (κ3) is 4.03. The predicted molar refractivity (Wildman–Crippen MR) is 66.6 cm³/mol. The molecule has 4 amide bonds. The van der Waals surface area contributed by atoms with E-state index in [1.54, 1.807) is 0 Å². The molecule has 0 fully saturated rings. The summed E-state index contributed by atoms with van der Waals surface area (Å²) in [5, 5.41) is 6.44. The molecule has 1 unspecified atom stereocenters. The van der Waals surface area contributed by atoms with Gasteiger partial charge in [-0.15, -0.1) is 24.7 Å². The number of carbonyl (C=O) groups excluding carboxylic acids is 2. The lowest BCUT2D eigenvalue weighted by atomic mass is 9.96. The van der Waals surface area contributed by atoms with Crippen molar-refractivity contribution in [3.05, 3.63) is 0 Å². The van der Waals surface area contributed by atoms with Gasteiger partial charge in [-0.25, -0.2) is 14.5 Å². The first kappa shape index (κ1) is 13.9. The monoisotopic (exact) mass is 245 g/mol. The molecule has 0 saturated carbocycles. The SMILES string of the molecule is C#CCCCC(CCC#C)CN1C(=O)N=NC1=O. The number of amides is 4. The Morgan fingerprint density at radius 1 is 1.06 bits per heavy atom. The Morgan fingerprint density at radius 3 is 2.22 bits per heavy atom. The number of terminal acetylenes is 2. The van der Waals surface area contributed by atoms with Crippen LogP contribution in [0.2, 0.25) is 0 Å². The Balaban J connectivity index is 2.50. The summed E-state index contributed by atoms with van der Waals surface area (Å²) in [6, 6.07) is -1.19. The highest BCUT2D eigenvalue weighted by Gasteiger charge is 2.29. The van der Waals surface area contributed by atoms with Crippen molar-refractivity contribution in [3.8, 4) is 24.7 Å². The first-order chi connectivity index (χ1) is 8.69. The lowest BCUT2D eigenvalue weighted by Gasteiger charge is -2.19. The van der Waals surface area contributed by atoms with Gasteiger partial charge >= 0.3 is 12.1 Å². The van der Waals surface area contributed by atoms with Crippen molar-refractivity contribution in [2.45, 2.75) is 32.1 Å². The van der Waals surface area contributed by atoms with Crippen LogP contribution in [0.4, 0.5) is 9.59 Å². The van der Waals surface area contributed by atoms with Gasteiger partial charge in [0.25, 0.3) is 0 Å². The van der Waals surface area contributed by atoms with Crippen LogP contribution in [0.1, 0.15) is 32.1 Å². The Labute approximate surface area is 107 Å². The van der Waals surface area contributed by atoms with Crippen LogP contribution in [0.5, 0.6) is 0 Å². The Hall–Kier alpha value is -2.14. The molecule has 1 atom stereocenters. The van der Waals surface area contributed by atoms with Crippen LogP contribution in [0, 0.1) is 30.6 Å². The Kier molecular flexibility index (Phi) is 5.60. The molecule has 0 saturated heterocycles. The minimum Gasteiger partial charge on any atom is -0.244 e. The minimum absolute atomic E-state index is 0.158. The average molecular weight is 245 g/mol. The molecule has 0 aromatic carbocycles. The molecule has 0 bridgehead atoms. The largest absolute Gasteiger partial charge is 0.370 e. The standard InChI is InChI=1S/C13H15N3O2/c1-3-5-7-9-11(8-6-4-2)10-16-12(17)14-15-13(16)18/h1-2,11H,5-10H2. The summed E-state index contributed by atoms with van der Waals surface area (Å²) in [6.07, 6.45) is 14.2. The van der Waals surface area contributed by atoms with Crippen LogP contribution in [0.25, 0.3) is 0 Å². The molecule has 0 radical (unpaired) electrons. The number of carbonyl (C=O) groups is 2. The van der Waals surface area contributed by atoms with Crippen LogP contribution in [-0.4, -0.2) is 23.5 Å². The van der Waals surface area contributed by atoms with Gasteiger partial charge in [-0.3, -0.25) is 0 Å². The van der Waals surface area contributed by atoms with Crippen LogP contribution < -0.4 is 0 Å². The summed E-state index contributed by atoms with van der Waals surface area (Å²) >= 11 is 0. The molecule has 18 heavy (non-hydrogen) atoms. The maximum atomic E-state index is 11.3. The van der Waals surface area contributed by atoms with Gasteiger partial charge in [0.15, 0.2) is 0 Å². The number of imide groups is 1. The normalized spacial score (nSPS) is 15.6. The van der Waals surface area contributed by atoms with Gasteiger partial charge in [-0.1, -0.05) is 10.2 Å². The molecule has 1 aliphatic heterocycles. The van der Waals surface area contributed by atoms with Gasteiger partial charge in [0.05, 0.1) is 0 Å². The second-order valence-corrected chi connectivity index (χ2v) is 4.08. The number of hydrogen-bond acceptors (Lipinski definition) is 2. The quantitative estimate of drug-likeness (QED) is 0.511. The van der Waals surface area contributed by atoms with Crippen molar-refractivity contribution in [2.24, 2.45) is 16.1 Å². The van der Waals surface area contributed by atoms with E-state index in [0.29, 0.717) is 19.4 Å². The third-order valence-corrected chi connectivity index (χ3v) is 2.75. The molecule has 1 rings (SSSR count). The van der Waals surface area contributed by atoms with E-state index in [2.05, 4.69) is 22.1 Å². The number of hydrogen-bond donors (Lipinski definition) is 0. The number of urea groups is 2. The zero-order valence-electron chi connectivity index (χ0n) is 10.1. The van der Waals surface area contributed by atoms with E-state index in [4.69, 9.17) is 12.8 Å². The lowest BCUT2D eigenvalue weighted by molar-refractivity contribution is 0.195. The number of unbranched alkanes of at least 4 members (excludes halogenated alkanes) is 1. The number of rotatable bonds is 7. The summed E-state index contributed by atoms with van der Waals surface area (Å²) in [5.74, 6) is 5.28. The Morgan fingerprint density at radius 2 is 1.67 bits per heavy atom. The second kappa shape index (κ2) is 7.24. The van der Waals surface area contributed by atoms with Crippen LogP contribution in [0.15, 0.2) is 10.2 Å². The summed E-state index contributed by atoms with van der Waals surface area (Å²) in [5.41, 5.74) is 0. The average Bonchev–Trinajstić information content (AvgIpc) is 2.67. The van der Waals surface area contributed by atoms with Gasteiger partial charge in [-0.05, 0) is 25.2 Å². The molecule has 0 aromatic rings. The van der Waals surface area contributed by atoms with Gasteiger partial charge in [0.1, 0.15) is 0 Å². The molecule has 94 valence electrons. The third-order valence-electron chi connectivity index (χ3n) is 2.75. The maximum absolute atomic E-state index is 11.3. The van der Waals surface area contributed by atoms with Gasteiger partial charge in [0.2, 0.25) is 0 Å². The highest BCUT2D eigenvalue weighted by Crippen LogP contribution is 2.19. The topological polar surface area (TPSA) is 62.1 Å². The highest BCUT2D eigenvalue weighted by atomic mass is 16.2. The number of azo groups is 1. The fourth-order valence-electron chi connectivity index (χ4n) is 1.80. The first-order valence-electron chi connectivity index (χ1n) is 5.83. The maximum Gasteiger partial charge on any atom is 0.370 e. The van der Waals surface area contributed by atoms with Crippen molar-refractivity contribution in [1.82, 2.24) is 4.90 Å². The molecular formula is C13H15N3O2. The zero-order chi connectivity index (χ0) is 13.4. The van der Waals surface area contributed by atoms with Gasteiger partial charge in [0, 0.05) is 19.4 Å². The van der Waals surface area contributed by atoms with E-state index in [9.17, 15) is 9.59 Å². The molecule has 0 spiro atoms. The van der Waals surface area contributed by atoms with Crippen molar-refractivity contribution >= 4 is 12.1 Å². The lowest BCUT2D eigenvalue weighted by Crippen LogP contribution is -2.33. The Bertz CT molecular complexity index is 410. The fraction of sp³-hybridized carbons (Fsp3) is 0.538. The van der Waals surface area contributed by atoms with E-state index in [1.807, 2.05) is 0 Å². The second-order valence-electron chi connectivity index (χ2n) is 4.08. The van der Waals surface area contributed by atoms with Gasteiger partial charge in [-0.2, -0.15) is 0 Å². The van der Waals surface area contributed by atoms with E-state index in [0.717, 1.165) is 24.2 Å². The van der Waals surface area contributed by atoms with E-state index in [1.165, 1.54) is 0 Å². The molecule has 0 aromatic heterocycles. The van der Waals surface area contributed by atoms with E-state index in [-0.39, 0.29) is 5.92 Å². The number of nitrogens with zero attached hydrogens (tertiary/aromatic N) is 3. The molecule has 0 aliphatic carbocycles. The van der Waals surface area contributed by atoms with Crippen molar-refractivity contribution < 1.29 is 9.59 Å². The molecule has 5 nitrogen and oxygen atoms in total. The van der Waals surface area contributed by atoms with E-state index < -0.39 is 12.1 Å². The zero-order valence-corrected chi connectivity index (χ0v) is 10.1.